The average Bonchev–Trinajstić information content (AvgIpc) is 3.15. The van der Waals surface area contributed by atoms with Crippen molar-refractivity contribution in [2.24, 2.45) is 11.8 Å². The molecule has 8 heteroatoms. The molecule has 2 amide bonds. The van der Waals surface area contributed by atoms with Crippen molar-refractivity contribution in [3.05, 3.63) is 70.0 Å². The smallest absolute Gasteiger partial charge is 0.278 e. The normalized spacial score (nSPS) is 18.3. The summed E-state index contributed by atoms with van der Waals surface area (Å²) in [5.41, 5.74) is 3.54. The number of nitrogens with zero attached hydrogens (tertiary/aromatic N) is 4. The first-order valence-electron chi connectivity index (χ1n) is 11.1. The van der Waals surface area contributed by atoms with E-state index in [4.69, 9.17) is 11.6 Å². The van der Waals surface area contributed by atoms with E-state index in [-0.39, 0.29) is 17.5 Å². The topological polar surface area (TPSA) is 80.1 Å². The van der Waals surface area contributed by atoms with E-state index >= 15 is 0 Å². The summed E-state index contributed by atoms with van der Waals surface area (Å²) < 4.78 is 1.58. The lowest BCUT2D eigenvalue weighted by Crippen LogP contribution is -2.42. The molecule has 0 bridgehead atoms. The summed E-state index contributed by atoms with van der Waals surface area (Å²) in [5.74, 6) is 0.570. The molecule has 4 rings (SSSR count). The summed E-state index contributed by atoms with van der Waals surface area (Å²) >= 11 is 6.08. The number of halogens is 1. The van der Waals surface area contributed by atoms with Gasteiger partial charge in [0.1, 0.15) is 0 Å². The summed E-state index contributed by atoms with van der Waals surface area (Å²) in [6.07, 6.45) is 1.13. The van der Waals surface area contributed by atoms with Crippen LogP contribution in [0, 0.1) is 25.7 Å². The van der Waals surface area contributed by atoms with Crippen molar-refractivity contribution in [2.45, 2.75) is 34.1 Å². The lowest BCUT2D eigenvalue weighted by atomic mass is 9.91. The Hall–Kier alpha value is -3.19. The fraction of sp³-hybridized carbons (Fsp3) is 0.360. The zero-order valence-electron chi connectivity index (χ0n) is 19.3. The lowest BCUT2D eigenvalue weighted by molar-refractivity contribution is 0.0623. The number of anilines is 1. The van der Waals surface area contributed by atoms with Gasteiger partial charge >= 0.3 is 0 Å². The number of carbonyl (C=O) groups is 2. The number of piperidine rings is 1. The first kappa shape index (κ1) is 23.0. The number of hydrogen-bond acceptors (Lipinski definition) is 4. The summed E-state index contributed by atoms with van der Waals surface area (Å²) in [5, 5.41) is 11.7. The number of likely N-dealkylation sites (tertiary alicyclic amines) is 1. The number of aryl methyl sites for hydroxylation is 1. The van der Waals surface area contributed by atoms with Crippen molar-refractivity contribution >= 4 is 29.1 Å². The maximum atomic E-state index is 13.1. The molecule has 7 nitrogen and oxygen atoms in total. The van der Waals surface area contributed by atoms with Crippen molar-refractivity contribution < 1.29 is 9.59 Å². The Kier molecular flexibility index (Phi) is 6.51. The molecule has 3 aromatic rings. The van der Waals surface area contributed by atoms with Crippen molar-refractivity contribution in [1.82, 2.24) is 19.9 Å². The molecule has 2 aromatic carbocycles. The molecule has 0 saturated carbocycles. The number of nitrogens with one attached hydrogen (secondary N) is 1. The summed E-state index contributed by atoms with van der Waals surface area (Å²) in [6.45, 7) is 9.53. The lowest BCUT2D eigenvalue weighted by Gasteiger charge is -2.35. The predicted octanol–water partition coefficient (Wildman–Crippen LogP) is 4.91. The van der Waals surface area contributed by atoms with E-state index in [0.717, 1.165) is 30.8 Å². The second-order valence-electron chi connectivity index (χ2n) is 9.06. The summed E-state index contributed by atoms with van der Waals surface area (Å²) in [6, 6.07) is 12.6. The highest BCUT2D eigenvalue weighted by Gasteiger charge is 2.26. The number of amides is 2. The highest BCUT2D eigenvalue weighted by atomic mass is 35.5. The van der Waals surface area contributed by atoms with Gasteiger partial charge in [-0.2, -0.15) is 0 Å². The monoisotopic (exact) mass is 465 g/mol. The van der Waals surface area contributed by atoms with Crippen LogP contribution < -0.4 is 5.32 Å². The van der Waals surface area contributed by atoms with Crippen LogP contribution in [0.3, 0.4) is 0 Å². The fourth-order valence-electron chi connectivity index (χ4n) is 4.47. The number of carbonyl (C=O) groups excluding carboxylic acids is 2. The minimum absolute atomic E-state index is 0.00743. The highest BCUT2D eigenvalue weighted by Crippen LogP contribution is 2.25. The van der Waals surface area contributed by atoms with E-state index in [1.54, 1.807) is 29.8 Å². The molecule has 0 radical (unpaired) electrons. The van der Waals surface area contributed by atoms with E-state index in [1.165, 1.54) is 0 Å². The van der Waals surface area contributed by atoms with Gasteiger partial charge in [-0.1, -0.05) is 42.8 Å². The molecule has 1 saturated heterocycles. The van der Waals surface area contributed by atoms with Gasteiger partial charge in [0, 0.05) is 29.4 Å². The van der Waals surface area contributed by atoms with E-state index in [1.807, 2.05) is 36.1 Å². The third-order valence-electron chi connectivity index (χ3n) is 6.05. The van der Waals surface area contributed by atoms with Crippen molar-refractivity contribution in [3.63, 3.8) is 0 Å². The molecule has 1 aliphatic rings. The van der Waals surface area contributed by atoms with Gasteiger partial charge in [0.05, 0.1) is 11.4 Å². The first-order chi connectivity index (χ1) is 15.7. The van der Waals surface area contributed by atoms with Crippen LogP contribution in [-0.4, -0.2) is 44.8 Å². The minimum Gasteiger partial charge on any atom is -0.338 e. The van der Waals surface area contributed by atoms with Crippen LogP contribution in [-0.2, 0) is 0 Å². The molecule has 172 valence electrons. The van der Waals surface area contributed by atoms with Crippen LogP contribution >= 0.6 is 11.6 Å². The average molecular weight is 466 g/mol. The molecule has 1 N–H and O–H groups in total. The molecule has 1 aromatic heterocycles. The molecule has 1 aliphatic heterocycles. The number of aromatic nitrogens is 3. The van der Waals surface area contributed by atoms with Crippen LogP contribution in [0.2, 0.25) is 5.02 Å². The molecule has 0 spiro atoms. The number of hydrogen-bond donors (Lipinski definition) is 1. The van der Waals surface area contributed by atoms with E-state index in [9.17, 15) is 9.59 Å². The van der Waals surface area contributed by atoms with Gasteiger partial charge in [-0.3, -0.25) is 9.59 Å². The van der Waals surface area contributed by atoms with Crippen molar-refractivity contribution in [3.8, 4) is 5.69 Å². The number of benzene rings is 2. The van der Waals surface area contributed by atoms with Crippen LogP contribution in [0.25, 0.3) is 5.69 Å². The van der Waals surface area contributed by atoms with Crippen molar-refractivity contribution in [2.75, 3.05) is 18.4 Å². The SMILES string of the molecule is Cc1ccc(C(=O)N2CC(C)CC(C)C2)cc1NC(=O)c1nnn(-c2cccc(Cl)c2)c1C. The molecule has 2 atom stereocenters. The van der Waals surface area contributed by atoms with Gasteiger partial charge < -0.3 is 10.2 Å². The van der Waals surface area contributed by atoms with E-state index in [0.29, 0.717) is 33.8 Å². The maximum Gasteiger partial charge on any atom is 0.278 e. The maximum absolute atomic E-state index is 13.1. The Morgan fingerprint density at radius 2 is 1.79 bits per heavy atom. The Morgan fingerprint density at radius 3 is 2.48 bits per heavy atom. The quantitative estimate of drug-likeness (QED) is 0.593. The molecule has 2 unspecified atom stereocenters. The Morgan fingerprint density at radius 1 is 1.06 bits per heavy atom. The molecular weight excluding hydrogens is 438 g/mol. The largest absolute Gasteiger partial charge is 0.338 e. The van der Waals surface area contributed by atoms with Gasteiger partial charge in [-0.25, -0.2) is 4.68 Å². The zero-order valence-corrected chi connectivity index (χ0v) is 20.1. The van der Waals surface area contributed by atoms with Gasteiger partial charge in [0.2, 0.25) is 0 Å². The van der Waals surface area contributed by atoms with Crippen molar-refractivity contribution in [1.29, 1.82) is 0 Å². The second-order valence-corrected chi connectivity index (χ2v) is 9.49. The summed E-state index contributed by atoms with van der Waals surface area (Å²) in [7, 11) is 0. The van der Waals surface area contributed by atoms with Crippen LogP contribution in [0.5, 0.6) is 0 Å². The zero-order chi connectivity index (χ0) is 23.7. The third-order valence-corrected chi connectivity index (χ3v) is 6.29. The van der Waals surface area contributed by atoms with Gasteiger partial charge in [-0.05, 0) is 68.0 Å². The van der Waals surface area contributed by atoms with E-state index < -0.39 is 0 Å². The fourth-order valence-corrected chi connectivity index (χ4v) is 4.66. The Bertz CT molecular complexity index is 1200. The first-order valence-corrected chi connectivity index (χ1v) is 11.5. The van der Waals surface area contributed by atoms with E-state index in [2.05, 4.69) is 29.5 Å². The molecule has 33 heavy (non-hydrogen) atoms. The van der Waals surface area contributed by atoms with Crippen LogP contribution in [0.4, 0.5) is 5.69 Å². The number of rotatable bonds is 4. The Labute approximate surface area is 198 Å². The minimum atomic E-state index is -0.381. The molecule has 0 aliphatic carbocycles. The van der Waals surface area contributed by atoms with Crippen LogP contribution in [0.1, 0.15) is 52.4 Å². The van der Waals surface area contributed by atoms with Crippen LogP contribution in [0.15, 0.2) is 42.5 Å². The summed E-state index contributed by atoms with van der Waals surface area (Å²) in [4.78, 5) is 28.1. The third kappa shape index (κ3) is 4.93. The van der Waals surface area contributed by atoms with Gasteiger partial charge in [-0.15, -0.1) is 5.10 Å². The molecule has 2 heterocycles. The van der Waals surface area contributed by atoms with Gasteiger partial charge in [0.25, 0.3) is 11.8 Å². The van der Waals surface area contributed by atoms with Gasteiger partial charge in [0.15, 0.2) is 5.69 Å². The molecule has 1 fully saturated rings. The predicted molar refractivity (Wildman–Crippen MR) is 129 cm³/mol. The highest BCUT2D eigenvalue weighted by molar-refractivity contribution is 6.30. The standard InChI is InChI=1S/C25H28ClN5O2/c1-15-10-16(2)14-30(13-15)25(33)19-9-8-17(3)22(11-19)27-24(32)23-18(4)31(29-28-23)21-7-5-6-20(26)12-21/h5-9,11-12,15-16H,10,13-14H2,1-4H3,(H,27,32). The Balaban J connectivity index is 1.55. The second kappa shape index (κ2) is 9.35. The molecular formula is C25H28ClN5O2.